The summed E-state index contributed by atoms with van der Waals surface area (Å²) < 4.78 is 33.1. The lowest BCUT2D eigenvalue weighted by Crippen LogP contribution is -2.49. The average Bonchev–Trinajstić information content (AvgIpc) is 2.98. The van der Waals surface area contributed by atoms with Gasteiger partial charge in [-0.15, -0.1) is 0 Å². The van der Waals surface area contributed by atoms with Crippen LogP contribution in [0, 0.1) is 17.8 Å². The van der Waals surface area contributed by atoms with Crippen LogP contribution in [0.2, 0.25) is 36.3 Å². The molecule has 0 radical (unpaired) electrons. The number of ether oxygens (including phenoxy) is 3. The summed E-state index contributed by atoms with van der Waals surface area (Å²) in [6, 6.07) is 7.57. The maximum Gasteiger partial charge on any atom is 0.347 e. The van der Waals surface area contributed by atoms with E-state index < -0.39 is 22.7 Å². The number of carbonyl (C=O) groups is 2. The molecule has 2 aliphatic carbocycles. The van der Waals surface area contributed by atoms with E-state index in [1.165, 1.54) is 5.57 Å². The molecule has 0 bridgehead atoms. The van der Waals surface area contributed by atoms with Gasteiger partial charge in [0, 0.05) is 18.8 Å². The Balaban J connectivity index is 1.57. The van der Waals surface area contributed by atoms with Crippen LogP contribution in [-0.4, -0.2) is 59.1 Å². The zero-order valence-corrected chi connectivity index (χ0v) is 36.2. The summed E-state index contributed by atoms with van der Waals surface area (Å²) in [7, 11) is -4.15. The van der Waals surface area contributed by atoms with Gasteiger partial charge < -0.3 is 23.1 Å². The smallest absolute Gasteiger partial charge is 0.347 e. The monoisotopic (exact) mass is 790 g/mol. The third-order valence-electron chi connectivity index (χ3n) is 11.9. The van der Waals surface area contributed by atoms with E-state index in [0.29, 0.717) is 31.4 Å². The van der Waals surface area contributed by atoms with Crippen molar-refractivity contribution in [3.05, 3.63) is 52.5 Å². The molecule has 1 saturated heterocycles. The SMILES string of the molecule is CC[C@H](Oc1ccccc1Br)C(=O)OC1CC(O[Si](C)(C)C(C)(C)C)C=C2C=CC(C)C(CC[C@@H]3C[C@@H](O[Si](C)(C)C(C)(C)C)CC(=O)O3)C21. The zero-order valence-electron chi connectivity index (χ0n) is 32.6. The topological polar surface area (TPSA) is 80.3 Å². The standard InChI is InChI=1S/C40H63BrO7Si2/c1-13-33(45-34-17-15-14-16-32(34)41)38(43)46-35-24-29(47-49(9,10)39(3,4)5)22-27-19-18-26(2)31(37(27)35)21-20-28-23-30(25-36(42)44-28)48-50(11,12)40(6,7)8/h14-19,22,26,28-31,33,35,37H,13,20-21,23-25H2,1-12H3/t26?,28-,29?,30-,31?,33+,35?,37?/m1/s1. The molecule has 10 heteroatoms. The van der Waals surface area contributed by atoms with Crippen molar-refractivity contribution in [2.45, 2.75) is 161 Å². The number of rotatable bonds is 12. The van der Waals surface area contributed by atoms with Crippen LogP contribution in [0.15, 0.2) is 52.5 Å². The molecule has 280 valence electrons. The van der Waals surface area contributed by atoms with Crippen molar-refractivity contribution in [2.75, 3.05) is 0 Å². The Bertz CT molecular complexity index is 1410. The van der Waals surface area contributed by atoms with Crippen molar-refractivity contribution >= 4 is 44.5 Å². The molecule has 1 aromatic rings. The second-order valence-corrected chi connectivity index (χ2v) is 28.1. The van der Waals surface area contributed by atoms with Crippen LogP contribution < -0.4 is 4.74 Å². The Hall–Kier alpha value is -1.73. The molecule has 1 aliphatic heterocycles. The van der Waals surface area contributed by atoms with Gasteiger partial charge >= 0.3 is 11.9 Å². The van der Waals surface area contributed by atoms with Crippen LogP contribution >= 0.6 is 15.9 Å². The van der Waals surface area contributed by atoms with Gasteiger partial charge in [-0.3, -0.25) is 4.79 Å². The summed E-state index contributed by atoms with van der Waals surface area (Å²) in [5.41, 5.74) is 1.17. The average molecular weight is 792 g/mol. The first-order valence-corrected chi connectivity index (χ1v) is 25.3. The second-order valence-electron chi connectivity index (χ2n) is 17.8. The lowest BCUT2D eigenvalue weighted by atomic mass is 9.66. The van der Waals surface area contributed by atoms with Crippen LogP contribution in [0.25, 0.3) is 0 Å². The third kappa shape index (κ3) is 10.0. The summed E-state index contributed by atoms with van der Waals surface area (Å²) in [5.74, 6) is 0.541. The van der Waals surface area contributed by atoms with Gasteiger partial charge in [0.2, 0.25) is 0 Å². The van der Waals surface area contributed by atoms with Crippen molar-refractivity contribution in [3.8, 4) is 5.75 Å². The number of hydrogen-bond acceptors (Lipinski definition) is 7. The molecule has 0 aromatic heterocycles. The summed E-state index contributed by atoms with van der Waals surface area (Å²) in [6.07, 6.45) is 8.87. The Morgan fingerprint density at radius 3 is 2.24 bits per heavy atom. The molecule has 1 heterocycles. The summed E-state index contributed by atoms with van der Waals surface area (Å²) in [5, 5.41) is 0.108. The molecule has 0 saturated carbocycles. The van der Waals surface area contributed by atoms with E-state index >= 15 is 0 Å². The normalized spacial score (nSPS) is 28.3. The number of esters is 2. The number of hydrogen-bond donors (Lipinski definition) is 0. The lowest BCUT2D eigenvalue weighted by Gasteiger charge is -2.46. The molecular weight excluding hydrogens is 729 g/mol. The zero-order chi connectivity index (χ0) is 37.2. The maximum absolute atomic E-state index is 13.9. The number of cyclic esters (lactones) is 1. The molecular formula is C40H63BrO7Si2. The number of para-hydroxylation sites is 1. The van der Waals surface area contributed by atoms with Crippen LogP contribution in [0.1, 0.15) is 93.9 Å². The van der Waals surface area contributed by atoms with E-state index in [-0.39, 0.29) is 64.2 Å². The van der Waals surface area contributed by atoms with Crippen LogP contribution in [-0.2, 0) is 27.9 Å². The maximum atomic E-state index is 13.9. The number of fused-ring (bicyclic) bond motifs is 1. The molecule has 0 N–H and O–H groups in total. The minimum atomic E-state index is -2.11. The predicted molar refractivity (Wildman–Crippen MR) is 209 cm³/mol. The first-order chi connectivity index (χ1) is 23.1. The van der Waals surface area contributed by atoms with Gasteiger partial charge in [-0.25, -0.2) is 4.79 Å². The third-order valence-corrected chi connectivity index (χ3v) is 21.6. The lowest BCUT2D eigenvalue weighted by molar-refractivity contribution is -0.164. The van der Waals surface area contributed by atoms with Gasteiger partial charge in [-0.1, -0.05) is 85.8 Å². The first-order valence-electron chi connectivity index (χ1n) is 18.7. The highest BCUT2D eigenvalue weighted by Gasteiger charge is 2.47. The van der Waals surface area contributed by atoms with Gasteiger partial charge in [0.05, 0.1) is 23.1 Å². The van der Waals surface area contributed by atoms with Crippen molar-refractivity contribution in [2.24, 2.45) is 17.8 Å². The fourth-order valence-electron chi connectivity index (χ4n) is 6.91. The van der Waals surface area contributed by atoms with Crippen LogP contribution in [0.5, 0.6) is 5.75 Å². The second kappa shape index (κ2) is 16.1. The Morgan fingerprint density at radius 2 is 1.62 bits per heavy atom. The van der Waals surface area contributed by atoms with Crippen molar-refractivity contribution in [3.63, 3.8) is 0 Å². The summed E-state index contributed by atoms with van der Waals surface area (Å²) in [6.45, 7) is 26.6. The summed E-state index contributed by atoms with van der Waals surface area (Å²) >= 11 is 3.55. The molecule has 4 rings (SSSR count). The largest absolute Gasteiger partial charge is 0.478 e. The highest BCUT2D eigenvalue weighted by molar-refractivity contribution is 9.10. The molecule has 50 heavy (non-hydrogen) atoms. The highest BCUT2D eigenvalue weighted by Crippen LogP contribution is 2.47. The molecule has 5 unspecified atom stereocenters. The van der Waals surface area contributed by atoms with E-state index in [9.17, 15) is 9.59 Å². The summed E-state index contributed by atoms with van der Waals surface area (Å²) in [4.78, 5) is 26.7. The van der Waals surface area contributed by atoms with Crippen LogP contribution in [0.4, 0.5) is 0 Å². The minimum Gasteiger partial charge on any atom is -0.478 e. The Morgan fingerprint density at radius 1 is 0.980 bits per heavy atom. The fraction of sp³-hybridized carbons (Fsp3) is 0.700. The van der Waals surface area contributed by atoms with Crippen LogP contribution in [0.3, 0.4) is 0 Å². The van der Waals surface area contributed by atoms with Gasteiger partial charge in [0.25, 0.3) is 0 Å². The van der Waals surface area contributed by atoms with Gasteiger partial charge in [-0.2, -0.15) is 0 Å². The molecule has 1 aromatic carbocycles. The number of benzene rings is 1. The van der Waals surface area contributed by atoms with E-state index in [0.717, 1.165) is 17.3 Å². The number of halogens is 1. The predicted octanol–water partition coefficient (Wildman–Crippen LogP) is 10.6. The quantitative estimate of drug-likeness (QED) is 0.154. The minimum absolute atomic E-state index is 0.00208. The molecule has 7 nitrogen and oxygen atoms in total. The Kier molecular flexibility index (Phi) is 13.2. The van der Waals surface area contributed by atoms with Crippen molar-refractivity contribution < 1.29 is 32.7 Å². The van der Waals surface area contributed by atoms with Gasteiger partial charge in [-0.05, 0) is 101 Å². The Labute approximate surface area is 312 Å². The first kappa shape index (κ1) is 41.0. The molecule has 3 aliphatic rings. The number of allylic oxidation sites excluding steroid dienone is 2. The molecule has 8 atom stereocenters. The molecule has 0 amide bonds. The van der Waals surface area contributed by atoms with E-state index in [4.69, 9.17) is 23.1 Å². The van der Waals surface area contributed by atoms with Crippen molar-refractivity contribution in [1.82, 2.24) is 0 Å². The highest BCUT2D eigenvalue weighted by atomic mass is 79.9. The number of carbonyl (C=O) groups excluding carboxylic acids is 2. The van der Waals surface area contributed by atoms with E-state index in [2.05, 4.69) is 109 Å². The molecule has 1 fully saturated rings. The molecule has 0 spiro atoms. The van der Waals surface area contributed by atoms with Gasteiger partial charge in [0.1, 0.15) is 18.0 Å². The van der Waals surface area contributed by atoms with Crippen molar-refractivity contribution in [1.29, 1.82) is 0 Å². The van der Waals surface area contributed by atoms with E-state index in [1.807, 2.05) is 31.2 Å². The van der Waals surface area contributed by atoms with E-state index in [1.54, 1.807) is 0 Å². The van der Waals surface area contributed by atoms with Gasteiger partial charge in [0.15, 0.2) is 22.7 Å². The fourth-order valence-corrected chi connectivity index (χ4v) is 9.93.